The molecule has 0 radical (unpaired) electrons. The molecule has 2 unspecified atom stereocenters. The molecule has 0 aliphatic carbocycles. The van der Waals surface area contributed by atoms with Crippen LogP contribution in [0, 0.1) is 5.92 Å². The van der Waals surface area contributed by atoms with Crippen LogP contribution in [-0.4, -0.2) is 44.0 Å². The Balaban J connectivity index is 1.87. The summed E-state index contributed by atoms with van der Waals surface area (Å²) in [5, 5.41) is 3.05. The van der Waals surface area contributed by atoms with Crippen LogP contribution in [0.1, 0.15) is 17.9 Å². The molecule has 1 amide bonds. The topological polar surface area (TPSA) is 58.4 Å². The van der Waals surface area contributed by atoms with E-state index in [2.05, 4.69) is 17.3 Å². The summed E-state index contributed by atoms with van der Waals surface area (Å²) in [6.45, 7) is 3.30. The van der Waals surface area contributed by atoms with Crippen molar-refractivity contribution in [3.05, 3.63) is 35.9 Å². The van der Waals surface area contributed by atoms with Crippen molar-refractivity contribution < 1.29 is 4.79 Å². The summed E-state index contributed by atoms with van der Waals surface area (Å²) >= 11 is 0. The summed E-state index contributed by atoms with van der Waals surface area (Å²) in [7, 11) is 2.12. The van der Waals surface area contributed by atoms with E-state index in [0.29, 0.717) is 12.5 Å². The fourth-order valence-electron chi connectivity index (χ4n) is 2.64. The van der Waals surface area contributed by atoms with E-state index in [0.717, 1.165) is 31.6 Å². The van der Waals surface area contributed by atoms with Crippen molar-refractivity contribution >= 4 is 5.91 Å². The average molecular weight is 261 g/mol. The van der Waals surface area contributed by atoms with Gasteiger partial charge in [0, 0.05) is 19.6 Å². The third-order valence-corrected chi connectivity index (χ3v) is 3.81. The zero-order chi connectivity index (χ0) is 13.7. The molecule has 0 bridgehead atoms. The Bertz CT molecular complexity index is 407. The highest BCUT2D eigenvalue weighted by Gasteiger charge is 2.23. The predicted molar refractivity (Wildman–Crippen MR) is 76.9 cm³/mol. The molecule has 1 aromatic rings. The van der Waals surface area contributed by atoms with E-state index in [1.807, 2.05) is 30.3 Å². The van der Waals surface area contributed by atoms with Gasteiger partial charge in [-0.3, -0.25) is 4.79 Å². The van der Waals surface area contributed by atoms with Crippen molar-refractivity contribution in [2.45, 2.75) is 12.3 Å². The van der Waals surface area contributed by atoms with Crippen LogP contribution in [0.5, 0.6) is 0 Å². The molecular formula is C15H23N3O. The van der Waals surface area contributed by atoms with Crippen LogP contribution in [0.25, 0.3) is 0 Å². The van der Waals surface area contributed by atoms with Crippen LogP contribution in [-0.2, 0) is 4.79 Å². The summed E-state index contributed by atoms with van der Waals surface area (Å²) < 4.78 is 0. The van der Waals surface area contributed by atoms with Gasteiger partial charge in [-0.2, -0.15) is 0 Å². The minimum atomic E-state index is -0.236. The van der Waals surface area contributed by atoms with Gasteiger partial charge in [0.15, 0.2) is 0 Å². The van der Waals surface area contributed by atoms with Gasteiger partial charge in [0.05, 0.1) is 5.92 Å². The lowest BCUT2D eigenvalue weighted by molar-refractivity contribution is -0.122. The van der Waals surface area contributed by atoms with E-state index in [1.54, 1.807) is 0 Å². The molecule has 4 heteroatoms. The number of hydrogen-bond donors (Lipinski definition) is 2. The summed E-state index contributed by atoms with van der Waals surface area (Å²) in [5.41, 5.74) is 6.73. The van der Waals surface area contributed by atoms with E-state index in [4.69, 9.17) is 5.73 Å². The number of nitrogens with one attached hydrogen (secondary N) is 1. The summed E-state index contributed by atoms with van der Waals surface area (Å²) in [6, 6.07) is 9.75. The quantitative estimate of drug-likeness (QED) is 0.824. The van der Waals surface area contributed by atoms with E-state index in [9.17, 15) is 4.79 Å². The summed E-state index contributed by atoms with van der Waals surface area (Å²) in [6.07, 6.45) is 1.16. The molecule has 0 aromatic heterocycles. The molecule has 2 rings (SSSR count). The molecule has 0 saturated carbocycles. The monoisotopic (exact) mass is 261 g/mol. The third-order valence-electron chi connectivity index (χ3n) is 3.81. The average Bonchev–Trinajstić information content (AvgIpc) is 2.84. The maximum atomic E-state index is 12.2. The highest BCUT2D eigenvalue weighted by atomic mass is 16.1. The van der Waals surface area contributed by atoms with Gasteiger partial charge in [0.1, 0.15) is 0 Å². The first-order valence-corrected chi connectivity index (χ1v) is 6.92. The van der Waals surface area contributed by atoms with Crippen LogP contribution in [0.4, 0.5) is 0 Å². The van der Waals surface area contributed by atoms with E-state index >= 15 is 0 Å². The van der Waals surface area contributed by atoms with Crippen molar-refractivity contribution in [1.82, 2.24) is 10.2 Å². The summed E-state index contributed by atoms with van der Waals surface area (Å²) in [4.78, 5) is 14.5. The van der Waals surface area contributed by atoms with Gasteiger partial charge in [-0.05, 0) is 31.5 Å². The van der Waals surface area contributed by atoms with Crippen LogP contribution >= 0.6 is 0 Å². The lowest BCUT2D eigenvalue weighted by atomic mass is 9.98. The zero-order valence-corrected chi connectivity index (χ0v) is 11.5. The van der Waals surface area contributed by atoms with Gasteiger partial charge in [0.25, 0.3) is 0 Å². The first-order chi connectivity index (χ1) is 9.20. The molecule has 2 atom stereocenters. The molecule has 1 heterocycles. The second-order valence-corrected chi connectivity index (χ2v) is 5.36. The minimum absolute atomic E-state index is 0.0447. The normalized spacial score (nSPS) is 21.3. The smallest absolute Gasteiger partial charge is 0.228 e. The molecular weight excluding hydrogens is 238 g/mol. The number of likely N-dealkylation sites (tertiary alicyclic amines) is 1. The number of benzene rings is 1. The largest absolute Gasteiger partial charge is 0.355 e. The van der Waals surface area contributed by atoms with Crippen molar-refractivity contribution in [2.24, 2.45) is 11.7 Å². The molecule has 19 heavy (non-hydrogen) atoms. The van der Waals surface area contributed by atoms with Crippen LogP contribution < -0.4 is 11.1 Å². The van der Waals surface area contributed by atoms with Crippen molar-refractivity contribution in [1.29, 1.82) is 0 Å². The maximum absolute atomic E-state index is 12.2. The molecule has 1 saturated heterocycles. The molecule has 1 aliphatic rings. The van der Waals surface area contributed by atoms with Crippen LogP contribution in [0.15, 0.2) is 30.3 Å². The van der Waals surface area contributed by atoms with Crippen molar-refractivity contribution in [2.75, 3.05) is 33.2 Å². The minimum Gasteiger partial charge on any atom is -0.355 e. The fraction of sp³-hybridized carbons (Fsp3) is 0.533. The van der Waals surface area contributed by atoms with Gasteiger partial charge in [-0.1, -0.05) is 30.3 Å². The Morgan fingerprint density at radius 2 is 2.21 bits per heavy atom. The molecule has 0 spiro atoms. The Hall–Kier alpha value is -1.39. The first-order valence-electron chi connectivity index (χ1n) is 6.92. The Morgan fingerprint density at radius 3 is 2.79 bits per heavy atom. The van der Waals surface area contributed by atoms with Gasteiger partial charge in [-0.15, -0.1) is 0 Å². The number of carbonyl (C=O) groups is 1. The maximum Gasteiger partial charge on any atom is 0.228 e. The van der Waals surface area contributed by atoms with Crippen LogP contribution in [0.2, 0.25) is 0 Å². The van der Waals surface area contributed by atoms with E-state index in [-0.39, 0.29) is 11.8 Å². The zero-order valence-electron chi connectivity index (χ0n) is 11.5. The third kappa shape index (κ3) is 3.78. The Morgan fingerprint density at radius 1 is 1.47 bits per heavy atom. The lowest BCUT2D eigenvalue weighted by Gasteiger charge is -2.17. The standard InChI is InChI=1S/C15H23N3O/c1-18-8-7-12(11-18)10-17-15(19)14(9-16)13-5-3-2-4-6-13/h2-6,12,14H,7-11,16H2,1H3,(H,17,19). The lowest BCUT2D eigenvalue weighted by Crippen LogP contribution is -2.36. The number of carbonyl (C=O) groups excluding carboxylic acids is 1. The van der Waals surface area contributed by atoms with Crippen LogP contribution in [0.3, 0.4) is 0 Å². The van der Waals surface area contributed by atoms with E-state index < -0.39 is 0 Å². The second-order valence-electron chi connectivity index (χ2n) is 5.36. The van der Waals surface area contributed by atoms with Gasteiger partial charge >= 0.3 is 0 Å². The first kappa shape index (κ1) is 14.0. The van der Waals surface area contributed by atoms with Gasteiger partial charge < -0.3 is 16.0 Å². The molecule has 1 aliphatic heterocycles. The molecule has 1 aromatic carbocycles. The van der Waals surface area contributed by atoms with Gasteiger partial charge in [-0.25, -0.2) is 0 Å². The second kappa shape index (κ2) is 6.68. The van der Waals surface area contributed by atoms with Gasteiger partial charge in [0.2, 0.25) is 5.91 Å². The number of hydrogen-bond acceptors (Lipinski definition) is 3. The molecule has 104 valence electrons. The number of nitrogens with zero attached hydrogens (tertiary/aromatic N) is 1. The van der Waals surface area contributed by atoms with E-state index in [1.165, 1.54) is 0 Å². The molecule has 3 N–H and O–H groups in total. The fourth-order valence-corrected chi connectivity index (χ4v) is 2.64. The SMILES string of the molecule is CN1CCC(CNC(=O)C(CN)c2ccccc2)C1. The molecule has 1 fully saturated rings. The highest BCUT2D eigenvalue weighted by molar-refractivity contribution is 5.83. The Kier molecular flexibility index (Phi) is 4.93. The highest BCUT2D eigenvalue weighted by Crippen LogP contribution is 2.16. The number of nitrogens with two attached hydrogens (primary N) is 1. The van der Waals surface area contributed by atoms with Crippen molar-refractivity contribution in [3.63, 3.8) is 0 Å². The summed E-state index contributed by atoms with van der Waals surface area (Å²) in [5.74, 6) is 0.381. The number of rotatable bonds is 5. The van der Waals surface area contributed by atoms with Crippen molar-refractivity contribution in [3.8, 4) is 0 Å². The molecule has 4 nitrogen and oxygen atoms in total. The number of amides is 1. The Labute approximate surface area is 115 Å². The predicted octanol–water partition coefficient (Wildman–Crippen LogP) is 0.797.